The smallest absolute Gasteiger partial charge is 0.413 e. The van der Waals surface area contributed by atoms with Crippen molar-refractivity contribution in [3.05, 3.63) is 71.7 Å². The van der Waals surface area contributed by atoms with Gasteiger partial charge in [-0.15, -0.1) is 0 Å². The Kier molecular flexibility index (Phi) is 9.31. The summed E-state index contributed by atoms with van der Waals surface area (Å²) in [5.74, 6) is 2.42. The number of anilines is 3. The van der Waals surface area contributed by atoms with E-state index in [-0.39, 0.29) is 28.7 Å². The van der Waals surface area contributed by atoms with E-state index in [1.54, 1.807) is 18.6 Å². The van der Waals surface area contributed by atoms with Crippen LogP contribution >= 0.6 is 0 Å². The first-order valence-corrected chi connectivity index (χ1v) is 17.6. The molecule has 3 N–H and O–H groups in total. The molecule has 6 aliphatic heterocycles. The van der Waals surface area contributed by atoms with Crippen molar-refractivity contribution in [1.29, 1.82) is 0 Å². The zero-order valence-electron chi connectivity index (χ0n) is 29.2. The van der Waals surface area contributed by atoms with Crippen LogP contribution in [0.2, 0.25) is 0 Å². The van der Waals surface area contributed by atoms with E-state index in [4.69, 9.17) is 4.74 Å². The number of hydrogen-bond acceptors (Lipinski definition) is 10. The maximum Gasteiger partial charge on any atom is 0.413 e. The molecular weight excluding hydrogens is 634 g/mol. The number of piperidine rings is 3. The van der Waals surface area contributed by atoms with Crippen molar-refractivity contribution in [2.45, 2.75) is 61.4 Å². The molecule has 3 amide bonds. The van der Waals surface area contributed by atoms with E-state index >= 15 is 0 Å². The summed E-state index contributed by atoms with van der Waals surface area (Å²) < 4.78 is 5.57. The summed E-state index contributed by atoms with van der Waals surface area (Å²) >= 11 is 0. The molecule has 0 bridgehead atoms. The zero-order chi connectivity index (χ0) is 34.9. The lowest BCUT2D eigenvalue weighted by Gasteiger charge is -2.43. The SMILES string of the molecule is CN1CCC2(CC1)C(=O)Nc1ncccc12.CN1CCC2(CC1)CC(=O)Nc1ncccc12.CN1CCC2(CC1)OC(=O)Nc1ncccc12. The molecule has 6 aliphatic rings. The van der Waals surface area contributed by atoms with Crippen LogP contribution in [0, 0.1) is 0 Å². The third-order valence-electron chi connectivity index (χ3n) is 11.5. The first-order valence-electron chi connectivity index (χ1n) is 17.6. The van der Waals surface area contributed by atoms with Gasteiger partial charge in [0, 0.05) is 73.0 Å². The highest BCUT2D eigenvalue weighted by atomic mass is 16.6. The van der Waals surface area contributed by atoms with E-state index in [0.717, 1.165) is 101 Å². The lowest BCUT2D eigenvalue weighted by Crippen LogP contribution is -2.47. The van der Waals surface area contributed by atoms with Gasteiger partial charge in [0.25, 0.3) is 0 Å². The molecule has 3 fully saturated rings. The number of ether oxygens (including phenoxy) is 1. The Morgan fingerprint density at radius 1 is 0.600 bits per heavy atom. The summed E-state index contributed by atoms with van der Waals surface area (Å²) in [5.41, 5.74) is 2.57. The van der Waals surface area contributed by atoms with Gasteiger partial charge in [0.15, 0.2) is 0 Å². The first kappa shape index (κ1) is 34.0. The number of aromatic nitrogens is 3. The van der Waals surface area contributed by atoms with Gasteiger partial charge in [-0.2, -0.15) is 0 Å². The second-order valence-electron chi connectivity index (χ2n) is 14.7. The van der Waals surface area contributed by atoms with Gasteiger partial charge in [-0.3, -0.25) is 14.9 Å². The van der Waals surface area contributed by atoms with Gasteiger partial charge in [-0.1, -0.05) is 12.1 Å². The van der Waals surface area contributed by atoms with Gasteiger partial charge < -0.3 is 30.1 Å². The van der Waals surface area contributed by atoms with Crippen molar-refractivity contribution < 1.29 is 19.1 Å². The number of nitrogens with zero attached hydrogens (tertiary/aromatic N) is 6. The number of pyridine rings is 3. The first-order chi connectivity index (χ1) is 24.1. The maximum atomic E-state index is 12.1. The Hall–Kier alpha value is -4.46. The third kappa shape index (κ3) is 6.45. The van der Waals surface area contributed by atoms with Crippen LogP contribution in [0.5, 0.6) is 0 Å². The van der Waals surface area contributed by atoms with Crippen molar-refractivity contribution in [1.82, 2.24) is 29.7 Å². The molecule has 3 spiro atoms. The van der Waals surface area contributed by atoms with Crippen LogP contribution in [-0.2, 0) is 30.8 Å². The van der Waals surface area contributed by atoms with E-state index in [9.17, 15) is 14.4 Å². The maximum absolute atomic E-state index is 12.1. The van der Waals surface area contributed by atoms with Gasteiger partial charge in [0.2, 0.25) is 11.8 Å². The summed E-state index contributed by atoms with van der Waals surface area (Å²) in [6, 6.07) is 11.9. The molecule has 3 aromatic heterocycles. The summed E-state index contributed by atoms with van der Waals surface area (Å²) in [6.45, 7) is 5.93. The molecule has 50 heavy (non-hydrogen) atoms. The minimum absolute atomic E-state index is 0.0262. The zero-order valence-corrected chi connectivity index (χ0v) is 29.2. The van der Waals surface area contributed by atoms with Crippen LogP contribution in [0.4, 0.5) is 22.2 Å². The minimum atomic E-state index is -0.474. The summed E-state index contributed by atoms with van der Waals surface area (Å²) in [7, 11) is 6.32. The summed E-state index contributed by atoms with van der Waals surface area (Å²) in [6.07, 6.45) is 10.9. The van der Waals surface area contributed by atoms with E-state index < -0.39 is 5.60 Å². The molecule has 0 saturated carbocycles. The van der Waals surface area contributed by atoms with E-state index in [2.05, 4.69) is 72.8 Å². The fourth-order valence-corrected chi connectivity index (χ4v) is 8.32. The summed E-state index contributed by atoms with van der Waals surface area (Å²) in [5, 5.41) is 8.44. The van der Waals surface area contributed by atoms with Crippen LogP contribution in [-0.4, -0.2) is 108 Å². The van der Waals surface area contributed by atoms with Gasteiger partial charge in [-0.05, 0) is 97.3 Å². The van der Waals surface area contributed by atoms with Gasteiger partial charge >= 0.3 is 6.09 Å². The highest BCUT2D eigenvalue weighted by Crippen LogP contribution is 2.45. The molecule has 3 aromatic rings. The number of fused-ring (bicyclic) bond motifs is 6. The fourth-order valence-electron chi connectivity index (χ4n) is 8.32. The van der Waals surface area contributed by atoms with Crippen molar-refractivity contribution in [2.75, 3.05) is 76.4 Å². The number of rotatable bonds is 0. The van der Waals surface area contributed by atoms with Crippen LogP contribution < -0.4 is 16.0 Å². The lowest BCUT2D eigenvalue weighted by atomic mass is 9.69. The summed E-state index contributed by atoms with van der Waals surface area (Å²) in [4.78, 5) is 55.1. The van der Waals surface area contributed by atoms with E-state index in [0.29, 0.717) is 12.2 Å². The number of carbonyl (C=O) groups excluding carboxylic acids is 3. The predicted octanol–water partition coefficient (Wildman–Crippen LogP) is 3.95. The van der Waals surface area contributed by atoms with Gasteiger partial charge in [-0.25, -0.2) is 19.7 Å². The molecular formula is C37H47N9O4. The monoisotopic (exact) mass is 681 g/mol. The Bertz CT molecular complexity index is 1660. The Labute approximate surface area is 293 Å². The molecule has 13 nitrogen and oxygen atoms in total. The van der Waals surface area contributed by atoms with Gasteiger partial charge in [0.1, 0.15) is 23.1 Å². The topological polar surface area (TPSA) is 145 Å². The lowest BCUT2D eigenvalue weighted by molar-refractivity contribution is -0.122. The second-order valence-corrected chi connectivity index (χ2v) is 14.7. The molecule has 0 aromatic carbocycles. The Balaban J connectivity index is 0.000000118. The highest BCUT2D eigenvalue weighted by Gasteiger charge is 2.49. The van der Waals surface area contributed by atoms with Crippen LogP contribution in [0.25, 0.3) is 0 Å². The Morgan fingerprint density at radius 3 is 1.68 bits per heavy atom. The molecule has 9 heterocycles. The average Bonchev–Trinajstić information content (AvgIpc) is 3.39. The van der Waals surface area contributed by atoms with Crippen molar-refractivity contribution in [3.63, 3.8) is 0 Å². The van der Waals surface area contributed by atoms with Crippen molar-refractivity contribution in [3.8, 4) is 0 Å². The molecule has 13 heteroatoms. The van der Waals surface area contributed by atoms with Crippen molar-refractivity contribution in [2.24, 2.45) is 0 Å². The molecule has 0 unspecified atom stereocenters. The average molecular weight is 682 g/mol. The van der Waals surface area contributed by atoms with Gasteiger partial charge in [0.05, 0.1) is 5.41 Å². The molecule has 9 rings (SSSR count). The van der Waals surface area contributed by atoms with E-state index in [1.807, 2.05) is 30.3 Å². The van der Waals surface area contributed by atoms with Crippen LogP contribution in [0.1, 0.15) is 61.6 Å². The Morgan fingerprint density at radius 2 is 1.08 bits per heavy atom. The normalized spacial score (nSPS) is 23.1. The second kappa shape index (κ2) is 13.7. The third-order valence-corrected chi connectivity index (χ3v) is 11.5. The molecule has 264 valence electrons. The number of amides is 3. The van der Waals surface area contributed by atoms with Crippen LogP contribution in [0.15, 0.2) is 55.0 Å². The fraction of sp³-hybridized carbons (Fsp3) is 0.514. The minimum Gasteiger partial charge on any atom is -0.438 e. The highest BCUT2D eigenvalue weighted by molar-refractivity contribution is 6.05. The quantitative estimate of drug-likeness (QED) is 0.319. The van der Waals surface area contributed by atoms with Crippen molar-refractivity contribution >= 4 is 35.4 Å². The molecule has 0 aliphatic carbocycles. The number of carbonyl (C=O) groups is 3. The molecule has 0 radical (unpaired) electrons. The number of hydrogen-bond donors (Lipinski definition) is 3. The standard InChI is InChI=1S/C13H17N3O.C12H15N3O2.C12H15N3O/c1-16-7-4-13(5-8-16)9-11(17)15-12-10(13)3-2-6-14-12;1-15-7-4-12(5-8-15)9-3-2-6-13-10(9)14-11(16)17-12;1-15-7-4-12(5-8-15)9-3-2-6-13-10(9)14-11(12)16/h2-3,6H,4-5,7-9H2,1H3,(H,14,15,17);2-3,6H,4-5,7-8H2,1H3,(H,13,14,16);2-3,6H,4-5,7-8H2,1H3,(H,13,14,16). The molecule has 3 saturated heterocycles. The number of likely N-dealkylation sites (tertiary alicyclic amines) is 3. The molecule has 0 atom stereocenters. The predicted molar refractivity (Wildman–Crippen MR) is 190 cm³/mol. The largest absolute Gasteiger partial charge is 0.438 e. The van der Waals surface area contributed by atoms with Crippen LogP contribution in [0.3, 0.4) is 0 Å². The van der Waals surface area contributed by atoms with E-state index in [1.165, 1.54) is 5.56 Å². The number of nitrogens with one attached hydrogen (secondary N) is 3.